The Morgan fingerprint density at radius 3 is 2.32 bits per heavy atom. The zero-order valence-electron chi connectivity index (χ0n) is 23.3. The van der Waals surface area contributed by atoms with E-state index < -0.39 is 16.1 Å². The van der Waals surface area contributed by atoms with Crippen molar-refractivity contribution in [2.45, 2.75) is 65.1 Å². The normalized spacial score (nSPS) is 12.8. The van der Waals surface area contributed by atoms with E-state index in [2.05, 4.69) is 5.32 Å². The van der Waals surface area contributed by atoms with Crippen molar-refractivity contribution in [3.8, 4) is 11.5 Å². The van der Waals surface area contributed by atoms with Crippen molar-refractivity contribution >= 4 is 27.5 Å². The van der Waals surface area contributed by atoms with Gasteiger partial charge in [-0.1, -0.05) is 38.1 Å². The molecule has 0 aliphatic rings. The minimum absolute atomic E-state index is 0.0190. The molecule has 0 bridgehead atoms. The molecule has 0 aliphatic heterocycles. The Hall–Kier alpha value is -3.27. The second-order valence-electron chi connectivity index (χ2n) is 9.23. The number of nitrogens with zero attached hydrogens (tertiary/aromatic N) is 2. The van der Waals surface area contributed by atoms with E-state index in [1.165, 1.54) is 11.4 Å². The van der Waals surface area contributed by atoms with Crippen LogP contribution >= 0.6 is 0 Å². The van der Waals surface area contributed by atoms with Crippen LogP contribution in [0.25, 0.3) is 0 Å². The molecule has 210 valence electrons. The van der Waals surface area contributed by atoms with E-state index >= 15 is 0 Å². The van der Waals surface area contributed by atoms with Crippen molar-refractivity contribution in [3.63, 3.8) is 0 Å². The number of methoxy groups -OCH3 is 2. The number of hydrogen-bond acceptors (Lipinski definition) is 6. The molecule has 0 unspecified atom stereocenters. The summed E-state index contributed by atoms with van der Waals surface area (Å²) >= 11 is 0. The lowest BCUT2D eigenvalue weighted by molar-refractivity contribution is -0.141. The Bertz CT molecular complexity index is 1170. The number of carbonyl (C=O) groups is 2. The van der Waals surface area contributed by atoms with Gasteiger partial charge in [-0.25, -0.2) is 8.42 Å². The van der Waals surface area contributed by atoms with Crippen molar-refractivity contribution in [3.05, 3.63) is 54.1 Å². The lowest BCUT2D eigenvalue weighted by Crippen LogP contribution is -2.50. The average molecular weight is 548 g/mol. The molecule has 0 saturated heterocycles. The second kappa shape index (κ2) is 14.6. The summed E-state index contributed by atoms with van der Waals surface area (Å²) in [7, 11) is -0.570. The summed E-state index contributed by atoms with van der Waals surface area (Å²) in [6.45, 7) is 6.11. The maximum absolute atomic E-state index is 13.6. The Morgan fingerprint density at radius 1 is 1.00 bits per heavy atom. The first-order valence-electron chi connectivity index (χ1n) is 12.9. The maximum atomic E-state index is 13.6. The van der Waals surface area contributed by atoms with Gasteiger partial charge in [-0.15, -0.1) is 0 Å². The Balaban J connectivity index is 2.27. The molecule has 0 spiro atoms. The fourth-order valence-corrected chi connectivity index (χ4v) is 5.12. The highest BCUT2D eigenvalue weighted by Crippen LogP contribution is 2.30. The minimum Gasteiger partial charge on any atom is -0.497 e. The topological polar surface area (TPSA) is 105 Å². The van der Waals surface area contributed by atoms with Gasteiger partial charge in [-0.2, -0.15) is 0 Å². The molecule has 0 saturated carbocycles. The molecule has 0 radical (unpaired) electrons. The number of para-hydroxylation sites is 2. The highest BCUT2D eigenvalue weighted by Gasteiger charge is 2.29. The average Bonchev–Trinajstić information content (AvgIpc) is 2.90. The van der Waals surface area contributed by atoms with Gasteiger partial charge in [0.2, 0.25) is 21.8 Å². The number of ether oxygens (including phenoxy) is 2. The number of hydrogen-bond donors (Lipinski definition) is 1. The molecule has 2 atom stereocenters. The number of carbonyl (C=O) groups excluding carboxylic acids is 2. The van der Waals surface area contributed by atoms with Gasteiger partial charge in [0.25, 0.3) is 0 Å². The Labute approximate surface area is 227 Å². The van der Waals surface area contributed by atoms with E-state index in [9.17, 15) is 18.0 Å². The van der Waals surface area contributed by atoms with Crippen LogP contribution < -0.4 is 19.1 Å². The van der Waals surface area contributed by atoms with E-state index in [1.807, 2.05) is 45.0 Å². The van der Waals surface area contributed by atoms with Crippen LogP contribution in [0.15, 0.2) is 48.5 Å². The molecule has 2 rings (SSSR count). The third-order valence-electron chi connectivity index (χ3n) is 6.38. The Kier molecular flexibility index (Phi) is 11.9. The summed E-state index contributed by atoms with van der Waals surface area (Å²) in [6, 6.07) is 13.6. The van der Waals surface area contributed by atoms with E-state index in [1.54, 1.807) is 36.3 Å². The first-order valence-corrected chi connectivity index (χ1v) is 14.7. The van der Waals surface area contributed by atoms with E-state index in [4.69, 9.17) is 9.47 Å². The second-order valence-corrected chi connectivity index (χ2v) is 11.1. The molecular formula is C28H41N3O6S. The molecule has 1 N–H and O–H groups in total. The molecular weight excluding hydrogens is 506 g/mol. The summed E-state index contributed by atoms with van der Waals surface area (Å²) in [5.74, 6) is 0.654. The molecule has 9 nitrogen and oxygen atoms in total. The summed E-state index contributed by atoms with van der Waals surface area (Å²) < 4.78 is 37.1. The standard InChI is InChI=1S/C28H41N3O6S/c1-7-21(3)29-28(33)24(8-2)30(20-22-13-11-14-23(19-22)36-4)27(32)17-12-18-31(38(6,34)35)25-15-9-10-16-26(25)37-5/h9-11,13-16,19,21,24H,7-8,12,17-18,20H2,1-6H3,(H,29,33)/t21-,24-/m1/s1. The van der Waals surface area contributed by atoms with Gasteiger partial charge in [0.05, 0.1) is 26.2 Å². The van der Waals surface area contributed by atoms with Crippen LogP contribution in [-0.4, -0.2) is 64.2 Å². The molecule has 0 aromatic heterocycles. The lowest BCUT2D eigenvalue weighted by atomic mass is 10.1. The summed E-state index contributed by atoms with van der Waals surface area (Å²) in [5, 5.41) is 2.99. The lowest BCUT2D eigenvalue weighted by Gasteiger charge is -2.32. The first kappa shape index (κ1) is 31.0. The SMILES string of the molecule is CC[C@@H](C)NC(=O)[C@@H](CC)N(Cc1cccc(OC)c1)C(=O)CCCN(c1ccccc1OC)S(C)(=O)=O. The van der Waals surface area contributed by atoms with Crippen molar-refractivity contribution in [2.75, 3.05) is 31.3 Å². The highest BCUT2D eigenvalue weighted by molar-refractivity contribution is 7.92. The van der Waals surface area contributed by atoms with Gasteiger partial charge in [0.1, 0.15) is 17.5 Å². The van der Waals surface area contributed by atoms with Crippen LogP contribution in [0.1, 0.15) is 52.0 Å². The summed E-state index contributed by atoms with van der Waals surface area (Å²) in [6.07, 6.45) is 2.67. The fraction of sp³-hybridized carbons (Fsp3) is 0.500. The molecule has 10 heteroatoms. The van der Waals surface area contributed by atoms with Gasteiger partial charge in [-0.3, -0.25) is 13.9 Å². The molecule has 2 aromatic carbocycles. The van der Waals surface area contributed by atoms with Crippen LogP contribution in [0, 0.1) is 0 Å². The van der Waals surface area contributed by atoms with Gasteiger partial charge in [0, 0.05) is 25.6 Å². The van der Waals surface area contributed by atoms with Gasteiger partial charge >= 0.3 is 0 Å². The zero-order chi connectivity index (χ0) is 28.3. The van der Waals surface area contributed by atoms with Crippen LogP contribution in [0.4, 0.5) is 5.69 Å². The molecule has 2 aromatic rings. The van der Waals surface area contributed by atoms with Crippen molar-refractivity contribution in [1.29, 1.82) is 0 Å². The van der Waals surface area contributed by atoms with E-state index in [0.717, 1.165) is 18.2 Å². The Morgan fingerprint density at radius 2 is 1.71 bits per heavy atom. The third kappa shape index (κ3) is 8.65. The fourth-order valence-electron chi connectivity index (χ4n) is 4.15. The molecule has 0 fully saturated rings. The first-order chi connectivity index (χ1) is 18.0. The number of rotatable bonds is 15. The largest absolute Gasteiger partial charge is 0.497 e. The van der Waals surface area contributed by atoms with Gasteiger partial charge < -0.3 is 19.7 Å². The van der Waals surface area contributed by atoms with Gasteiger partial charge in [-0.05, 0) is 56.0 Å². The smallest absolute Gasteiger partial charge is 0.243 e. The van der Waals surface area contributed by atoms with E-state index in [0.29, 0.717) is 23.6 Å². The number of anilines is 1. The van der Waals surface area contributed by atoms with Crippen LogP contribution in [0.2, 0.25) is 0 Å². The van der Waals surface area contributed by atoms with Gasteiger partial charge in [0.15, 0.2) is 0 Å². The summed E-state index contributed by atoms with van der Waals surface area (Å²) in [4.78, 5) is 28.3. The van der Waals surface area contributed by atoms with Crippen LogP contribution in [-0.2, 0) is 26.2 Å². The number of sulfonamides is 1. The predicted octanol–water partition coefficient (Wildman–Crippen LogP) is 3.97. The molecule has 0 aliphatic carbocycles. The molecule has 38 heavy (non-hydrogen) atoms. The van der Waals surface area contributed by atoms with Crippen LogP contribution in [0.3, 0.4) is 0 Å². The minimum atomic E-state index is -3.63. The van der Waals surface area contributed by atoms with Crippen LogP contribution in [0.5, 0.6) is 11.5 Å². The molecule has 0 heterocycles. The predicted molar refractivity (Wildman–Crippen MR) is 150 cm³/mol. The number of nitrogens with one attached hydrogen (secondary N) is 1. The van der Waals surface area contributed by atoms with Crippen molar-refractivity contribution in [2.24, 2.45) is 0 Å². The maximum Gasteiger partial charge on any atom is 0.243 e. The summed E-state index contributed by atoms with van der Waals surface area (Å²) in [5.41, 5.74) is 1.25. The quantitative estimate of drug-likeness (QED) is 0.362. The van der Waals surface area contributed by atoms with Crippen molar-refractivity contribution in [1.82, 2.24) is 10.2 Å². The number of benzene rings is 2. The van der Waals surface area contributed by atoms with E-state index in [-0.39, 0.29) is 43.8 Å². The highest BCUT2D eigenvalue weighted by atomic mass is 32.2. The van der Waals surface area contributed by atoms with Crippen molar-refractivity contribution < 1.29 is 27.5 Å². The monoisotopic (exact) mass is 547 g/mol. The zero-order valence-corrected chi connectivity index (χ0v) is 24.1. The number of amides is 2. The molecule has 2 amide bonds. The third-order valence-corrected chi connectivity index (χ3v) is 7.56.